The topological polar surface area (TPSA) is 92.3 Å². The zero-order valence-corrected chi connectivity index (χ0v) is 13.3. The molecule has 24 heavy (non-hydrogen) atoms. The lowest BCUT2D eigenvalue weighted by molar-refractivity contribution is 0.0383. The van der Waals surface area contributed by atoms with Crippen LogP contribution in [0, 0.1) is 0 Å². The number of rotatable bonds is 6. The summed E-state index contributed by atoms with van der Waals surface area (Å²) in [6.07, 6.45) is 4.78. The molecule has 0 radical (unpaired) electrons. The average Bonchev–Trinajstić information content (AvgIpc) is 2.64. The van der Waals surface area contributed by atoms with Crippen LogP contribution in [0.5, 0.6) is 0 Å². The quantitative estimate of drug-likeness (QED) is 0.805. The molecule has 0 bridgehead atoms. The summed E-state index contributed by atoms with van der Waals surface area (Å²) in [4.78, 5) is 26.9. The van der Waals surface area contributed by atoms with E-state index in [-0.39, 0.29) is 5.91 Å². The van der Waals surface area contributed by atoms with Crippen LogP contribution in [-0.4, -0.2) is 65.2 Å². The van der Waals surface area contributed by atoms with Crippen LogP contribution in [-0.2, 0) is 4.74 Å². The van der Waals surface area contributed by atoms with Gasteiger partial charge in [0.2, 0.25) is 0 Å². The number of carbonyl (C=O) groups excluding carboxylic acids is 1. The number of ether oxygens (including phenoxy) is 1. The van der Waals surface area contributed by atoms with E-state index in [1.54, 1.807) is 36.8 Å². The SMILES string of the molecule is O=C(NCCN1CCOCC1)c1cccc(Nc2cnccn2)n1. The van der Waals surface area contributed by atoms with E-state index in [0.29, 0.717) is 23.9 Å². The molecule has 2 N–H and O–H groups in total. The van der Waals surface area contributed by atoms with Crippen LogP contribution in [0.3, 0.4) is 0 Å². The van der Waals surface area contributed by atoms with Crippen LogP contribution in [0.15, 0.2) is 36.8 Å². The smallest absolute Gasteiger partial charge is 0.270 e. The summed E-state index contributed by atoms with van der Waals surface area (Å²) < 4.78 is 5.30. The van der Waals surface area contributed by atoms with E-state index >= 15 is 0 Å². The van der Waals surface area contributed by atoms with E-state index in [0.717, 1.165) is 32.8 Å². The Morgan fingerprint density at radius 2 is 2.08 bits per heavy atom. The second kappa shape index (κ2) is 8.32. The lowest BCUT2D eigenvalue weighted by atomic mass is 10.3. The molecule has 3 heterocycles. The molecule has 3 rings (SSSR count). The van der Waals surface area contributed by atoms with Crippen LogP contribution < -0.4 is 10.6 Å². The maximum Gasteiger partial charge on any atom is 0.270 e. The Labute approximate surface area is 140 Å². The highest BCUT2D eigenvalue weighted by Gasteiger charge is 2.12. The van der Waals surface area contributed by atoms with Gasteiger partial charge in [-0.3, -0.25) is 14.7 Å². The van der Waals surface area contributed by atoms with Gasteiger partial charge < -0.3 is 15.4 Å². The normalized spacial score (nSPS) is 15.0. The molecule has 0 unspecified atom stereocenters. The summed E-state index contributed by atoms with van der Waals surface area (Å²) in [7, 11) is 0. The van der Waals surface area contributed by atoms with Gasteiger partial charge >= 0.3 is 0 Å². The van der Waals surface area contributed by atoms with Crippen LogP contribution in [0.4, 0.5) is 11.6 Å². The monoisotopic (exact) mass is 328 g/mol. The first-order valence-electron chi connectivity index (χ1n) is 7.90. The van der Waals surface area contributed by atoms with Crippen molar-refractivity contribution in [3.63, 3.8) is 0 Å². The molecule has 0 saturated carbocycles. The standard InChI is InChI=1S/C16H20N6O2/c23-16(19-6-7-22-8-10-24-11-9-22)13-2-1-3-14(20-13)21-15-12-17-4-5-18-15/h1-5,12H,6-11H2,(H,19,23)(H,18,20,21). The molecule has 126 valence electrons. The number of pyridine rings is 1. The zero-order valence-electron chi connectivity index (χ0n) is 13.3. The Balaban J connectivity index is 1.52. The molecule has 1 aliphatic heterocycles. The minimum atomic E-state index is -0.189. The third-order valence-electron chi connectivity index (χ3n) is 3.62. The van der Waals surface area contributed by atoms with Crippen molar-refractivity contribution in [1.29, 1.82) is 0 Å². The number of morpholine rings is 1. The summed E-state index contributed by atoms with van der Waals surface area (Å²) in [5.41, 5.74) is 0.367. The fourth-order valence-corrected chi connectivity index (χ4v) is 2.37. The van der Waals surface area contributed by atoms with Crippen molar-refractivity contribution in [2.45, 2.75) is 0 Å². The van der Waals surface area contributed by atoms with Crippen molar-refractivity contribution in [2.75, 3.05) is 44.7 Å². The summed E-state index contributed by atoms with van der Waals surface area (Å²) in [5.74, 6) is 0.942. The van der Waals surface area contributed by atoms with E-state index in [1.807, 2.05) is 0 Å². The summed E-state index contributed by atoms with van der Waals surface area (Å²) in [5, 5.41) is 5.92. The fourth-order valence-electron chi connectivity index (χ4n) is 2.37. The van der Waals surface area contributed by atoms with Gasteiger partial charge in [0.05, 0.1) is 19.4 Å². The molecule has 1 saturated heterocycles. The lowest BCUT2D eigenvalue weighted by Gasteiger charge is -2.26. The first kappa shape index (κ1) is 16.3. The molecule has 8 heteroatoms. The highest BCUT2D eigenvalue weighted by molar-refractivity contribution is 5.92. The molecular formula is C16H20N6O2. The Morgan fingerprint density at radius 3 is 2.88 bits per heavy atom. The van der Waals surface area contributed by atoms with Gasteiger partial charge in [0.15, 0.2) is 0 Å². The van der Waals surface area contributed by atoms with E-state index in [2.05, 4.69) is 30.5 Å². The minimum Gasteiger partial charge on any atom is -0.379 e. The largest absolute Gasteiger partial charge is 0.379 e. The number of anilines is 2. The Hall–Kier alpha value is -2.58. The summed E-state index contributed by atoms with van der Waals surface area (Å²) >= 11 is 0. The predicted molar refractivity (Wildman–Crippen MR) is 89.1 cm³/mol. The van der Waals surface area contributed by atoms with Gasteiger partial charge in [0, 0.05) is 38.6 Å². The van der Waals surface area contributed by atoms with Crippen LogP contribution >= 0.6 is 0 Å². The Morgan fingerprint density at radius 1 is 1.21 bits per heavy atom. The molecule has 1 fully saturated rings. The summed E-state index contributed by atoms with van der Waals surface area (Å²) in [6, 6.07) is 5.24. The third kappa shape index (κ3) is 4.71. The van der Waals surface area contributed by atoms with Gasteiger partial charge in [-0.15, -0.1) is 0 Å². The number of amides is 1. The molecule has 1 aliphatic rings. The van der Waals surface area contributed by atoms with Crippen molar-refractivity contribution in [2.24, 2.45) is 0 Å². The molecule has 8 nitrogen and oxygen atoms in total. The molecule has 1 amide bonds. The molecule has 0 aliphatic carbocycles. The Bertz CT molecular complexity index is 661. The van der Waals surface area contributed by atoms with E-state index in [4.69, 9.17) is 4.74 Å². The number of aromatic nitrogens is 3. The highest BCUT2D eigenvalue weighted by atomic mass is 16.5. The van der Waals surface area contributed by atoms with E-state index < -0.39 is 0 Å². The molecule has 2 aromatic rings. The first-order valence-corrected chi connectivity index (χ1v) is 7.90. The van der Waals surface area contributed by atoms with Crippen molar-refractivity contribution >= 4 is 17.5 Å². The lowest BCUT2D eigenvalue weighted by Crippen LogP contribution is -2.41. The van der Waals surface area contributed by atoms with Crippen LogP contribution in [0.1, 0.15) is 10.5 Å². The van der Waals surface area contributed by atoms with E-state index in [9.17, 15) is 4.79 Å². The van der Waals surface area contributed by atoms with Gasteiger partial charge in [-0.2, -0.15) is 0 Å². The number of nitrogens with one attached hydrogen (secondary N) is 2. The van der Waals surface area contributed by atoms with Crippen molar-refractivity contribution in [1.82, 2.24) is 25.2 Å². The first-order chi connectivity index (χ1) is 11.8. The summed E-state index contributed by atoms with van der Waals surface area (Å²) in [6.45, 7) is 4.73. The zero-order chi connectivity index (χ0) is 16.6. The van der Waals surface area contributed by atoms with Gasteiger partial charge in [0.25, 0.3) is 5.91 Å². The number of hydrogen-bond donors (Lipinski definition) is 2. The molecule has 0 spiro atoms. The maximum atomic E-state index is 12.2. The van der Waals surface area contributed by atoms with Gasteiger partial charge in [-0.05, 0) is 12.1 Å². The van der Waals surface area contributed by atoms with Crippen LogP contribution in [0.2, 0.25) is 0 Å². The predicted octanol–water partition coefficient (Wildman–Crippen LogP) is 0.677. The fraction of sp³-hybridized carbons (Fsp3) is 0.375. The van der Waals surface area contributed by atoms with Gasteiger partial charge in [-0.25, -0.2) is 9.97 Å². The molecule has 0 aromatic carbocycles. The molecule has 2 aromatic heterocycles. The maximum absolute atomic E-state index is 12.2. The third-order valence-corrected chi connectivity index (χ3v) is 3.62. The number of carbonyl (C=O) groups is 1. The highest BCUT2D eigenvalue weighted by Crippen LogP contribution is 2.10. The van der Waals surface area contributed by atoms with Crippen molar-refractivity contribution < 1.29 is 9.53 Å². The van der Waals surface area contributed by atoms with Gasteiger partial charge in [-0.1, -0.05) is 6.07 Å². The second-order valence-corrected chi connectivity index (χ2v) is 5.33. The second-order valence-electron chi connectivity index (χ2n) is 5.33. The van der Waals surface area contributed by atoms with Crippen molar-refractivity contribution in [3.05, 3.63) is 42.5 Å². The van der Waals surface area contributed by atoms with E-state index in [1.165, 1.54) is 0 Å². The molecular weight excluding hydrogens is 308 g/mol. The number of hydrogen-bond acceptors (Lipinski definition) is 7. The molecule has 0 atom stereocenters. The van der Waals surface area contributed by atoms with Crippen molar-refractivity contribution in [3.8, 4) is 0 Å². The average molecular weight is 328 g/mol. The van der Waals surface area contributed by atoms with Crippen LogP contribution in [0.25, 0.3) is 0 Å². The van der Waals surface area contributed by atoms with Gasteiger partial charge in [0.1, 0.15) is 17.3 Å². The number of nitrogens with zero attached hydrogens (tertiary/aromatic N) is 4. The minimum absolute atomic E-state index is 0.189. The Kier molecular flexibility index (Phi) is 5.65.